The van der Waals surface area contributed by atoms with Crippen LogP contribution in [0.25, 0.3) is 0 Å². The second kappa shape index (κ2) is 10.2. The average Bonchev–Trinajstić information content (AvgIpc) is 2.79. The molecule has 4 rings (SSSR count). The number of aliphatic hydroxyl groups excluding tert-OH is 1. The minimum Gasteiger partial charge on any atom is -0.393 e. The standard InChI is InChI=1S/C24H38N4O2/c1-18-22(8-7-19-5-3-2-4-6-19)25-17-26-23(18)24(30)28-13-9-20(10-14-28)27-15-11-21(29)12-16-27/h17,19-21,29H,2-16H2,1H3. The lowest BCUT2D eigenvalue weighted by Gasteiger charge is -2.41. The Morgan fingerprint density at radius 1 is 1.00 bits per heavy atom. The zero-order valence-electron chi connectivity index (χ0n) is 18.6. The predicted molar refractivity (Wildman–Crippen MR) is 117 cm³/mol. The summed E-state index contributed by atoms with van der Waals surface area (Å²) in [5, 5.41) is 9.74. The van der Waals surface area contributed by atoms with E-state index in [-0.39, 0.29) is 12.0 Å². The molecule has 0 bridgehead atoms. The number of carbonyl (C=O) groups is 1. The van der Waals surface area contributed by atoms with Gasteiger partial charge in [0.25, 0.3) is 5.91 Å². The molecule has 6 heteroatoms. The number of aliphatic hydroxyl groups is 1. The highest BCUT2D eigenvalue weighted by atomic mass is 16.3. The van der Waals surface area contributed by atoms with E-state index in [1.54, 1.807) is 6.33 Å². The van der Waals surface area contributed by atoms with Gasteiger partial charge in [0.15, 0.2) is 0 Å². The molecule has 0 radical (unpaired) electrons. The Morgan fingerprint density at radius 3 is 2.40 bits per heavy atom. The third-order valence-corrected chi connectivity index (χ3v) is 7.67. The molecule has 1 aromatic rings. The van der Waals surface area contributed by atoms with E-state index in [0.29, 0.717) is 11.7 Å². The van der Waals surface area contributed by atoms with Crippen molar-refractivity contribution in [2.45, 2.75) is 89.7 Å². The molecular formula is C24H38N4O2. The van der Waals surface area contributed by atoms with Gasteiger partial charge in [-0.1, -0.05) is 32.1 Å². The third kappa shape index (κ3) is 5.20. The molecule has 1 N–H and O–H groups in total. The Balaban J connectivity index is 1.32. The lowest BCUT2D eigenvalue weighted by atomic mass is 9.85. The van der Waals surface area contributed by atoms with Crippen LogP contribution < -0.4 is 0 Å². The topological polar surface area (TPSA) is 69.6 Å². The summed E-state index contributed by atoms with van der Waals surface area (Å²) in [6.07, 6.45) is 14.2. The van der Waals surface area contributed by atoms with Crippen molar-refractivity contribution in [2.24, 2.45) is 5.92 Å². The molecule has 0 spiro atoms. The van der Waals surface area contributed by atoms with Crippen LogP contribution in [0.2, 0.25) is 0 Å². The second-order valence-electron chi connectivity index (χ2n) is 9.63. The molecule has 166 valence electrons. The summed E-state index contributed by atoms with van der Waals surface area (Å²) in [5.41, 5.74) is 2.63. The van der Waals surface area contributed by atoms with Gasteiger partial charge >= 0.3 is 0 Å². The first kappa shape index (κ1) is 21.7. The molecule has 2 saturated heterocycles. The lowest BCUT2D eigenvalue weighted by molar-refractivity contribution is 0.0355. The number of rotatable bonds is 5. The molecule has 30 heavy (non-hydrogen) atoms. The predicted octanol–water partition coefficient (Wildman–Crippen LogP) is 3.36. The zero-order chi connectivity index (χ0) is 20.9. The highest BCUT2D eigenvalue weighted by Crippen LogP contribution is 2.28. The van der Waals surface area contributed by atoms with Gasteiger partial charge in [0.1, 0.15) is 12.0 Å². The van der Waals surface area contributed by atoms with E-state index < -0.39 is 0 Å². The molecule has 1 aliphatic carbocycles. The first-order valence-electron chi connectivity index (χ1n) is 12.1. The first-order chi connectivity index (χ1) is 14.6. The number of carbonyl (C=O) groups excluding carboxylic acids is 1. The highest BCUT2D eigenvalue weighted by molar-refractivity contribution is 5.93. The van der Waals surface area contributed by atoms with E-state index in [1.807, 2.05) is 11.8 Å². The second-order valence-corrected chi connectivity index (χ2v) is 9.63. The Morgan fingerprint density at radius 2 is 1.70 bits per heavy atom. The maximum absolute atomic E-state index is 13.2. The fourth-order valence-electron chi connectivity index (χ4n) is 5.61. The van der Waals surface area contributed by atoms with Gasteiger partial charge in [-0.25, -0.2) is 9.97 Å². The zero-order valence-corrected chi connectivity index (χ0v) is 18.6. The Bertz CT molecular complexity index is 703. The molecule has 0 aromatic carbocycles. The molecule has 1 amide bonds. The van der Waals surface area contributed by atoms with Crippen molar-refractivity contribution in [3.8, 4) is 0 Å². The van der Waals surface area contributed by atoms with E-state index in [1.165, 1.54) is 38.5 Å². The summed E-state index contributed by atoms with van der Waals surface area (Å²) in [4.78, 5) is 26.6. The fraction of sp³-hybridized carbons (Fsp3) is 0.792. The van der Waals surface area contributed by atoms with Gasteiger partial charge in [-0.3, -0.25) is 4.79 Å². The van der Waals surface area contributed by atoms with Crippen LogP contribution >= 0.6 is 0 Å². The van der Waals surface area contributed by atoms with Crippen molar-refractivity contribution in [3.63, 3.8) is 0 Å². The minimum absolute atomic E-state index is 0.0707. The van der Waals surface area contributed by atoms with Crippen molar-refractivity contribution in [2.75, 3.05) is 26.2 Å². The van der Waals surface area contributed by atoms with E-state index in [4.69, 9.17) is 0 Å². The van der Waals surface area contributed by atoms with Gasteiger partial charge in [0, 0.05) is 43.5 Å². The van der Waals surface area contributed by atoms with Gasteiger partial charge in [-0.2, -0.15) is 0 Å². The lowest BCUT2D eigenvalue weighted by Crippen LogP contribution is -2.49. The van der Waals surface area contributed by atoms with Crippen LogP contribution in [0, 0.1) is 12.8 Å². The van der Waals surface area contributed by atoms with Crippen LogP contribution in [-0.4, -0.2) is 69.1 Å². The number of hydrogen-bond acceptors (Lipinski definition) is 5. The van der Waals surface area contributed by atoms with Gasteiger partial charge in [-0.05, 0) is 51.4 Å². The number of hydrogen-bond donors (Lipinski definition) is 1. The van der Waals surface area contributed by atoms with E-state index in [9.17, 15) is 9.90 Å². The Kier molecular flexibility index (Phi) is 7.37. The van der Waals surface area contributed by atoms with Crippen LogP contribution in [0.4, 0.5) is 0 Å². The normalized spacial score (nSPS) is 23.1. The highest BCUT2D eigenvalue weighted by Gasteiger charge is 2.30. The Hall–Kier alpha value is -1.53. The van der Waals surface area contributed by atoms with Gasteiger partial charge in [0.05, 0.1) is 6.10 Å². The van der Waals surface area contributed by atoms with Crippen molar-refractivity contribution < 1.29 is 9.90 Å². The van der Waals surface area contributed by atoms with Crippen molar-refractivity contribution in [1.82, 2.24) is 19.8 Å². The third-order valence-electron chi connectivity index (χ3n) is 7.67. The quantitative estimate of drug-likeness (QED) is 0.800. The summed E-state index contributed by atoms with van der Waals surface area (Å²) >= 11 is 0. The number of nitrogens with zero attached hydrogens (tertiary/aromatic N) is 4. The summed E-state index contributed by atoms with van der Waals surface area (Å²) in [5.74, 6) is 0.892. The largest absolute Gasteiger partial charge is 0.393 e. The summed E-state index contributed by atoms with van der Waals surface area (Å²) in [7, 11) is 0. The van der Waals surface area contributed by atoms with E-state index in [0.717, 1.165) is 75.5 Å². The minimum atomic E-state index is -0.129. The van der Waals surface area contributed by atoms with Crippen molar-refractivity contribution >= 4 is 5.91 Å². The number of amides is 1. The molecule has 0 atom stereocenters. The van der Waals surface area contributed by atoms with Gasteiger partial charge < -0.3 is 14.9 Å². The maximum Gasteiger partial charge on any atom is 0.272 e. The molecule has 1 aromatic heterocycles. The van der Waals surface area contributed by atoms with Crippen LogP contribution in [0.5, 0.6) is 0 Å². The van der Waals surface area contributed by atoms with Gasteiger partial charge in [-0.15, -0.1) is 0 Å². The SMILES string of the molecule is Cc1c(CCC2CCCCC2)ncnc1C(=O)N1CCC(N2CCC(O)CC2)CC1. The summed E-state index contributed by atoms with van der Waals surface area (Å²) in [6.45, 7) is 5.58. The van der Waals surface area contributed by atoms with Crippen LogP contribution in [0.15, 0.2) is 6.33 Å². The number of likely N-dealkylation sites (tertiary alicyclic amines) is 2. The molecule has 2 aliphatic heterocycles. The molecule has 0 unspecified atom stereocenters. The van der Waals surface area contributed by atoms with E-state index in [2.05, 4.69) is 14.9 Å². The first-order valence-corrected chi connectivity index (χ1v) is 12.1. The molecule has 6 nitrogen and oxygen atoms in total. The van der Waals surface area contributed by atoms with Crippen molar-refractivity contribution in [1.29, 1.82) is 0 Å². The van der Waals surface area contributed by atoms with Crippen LogP contribution in [0.3, 0.4) is 0 Å². The fourth-order valence-corrected chi connectivity index (χ4v) is 5.61. The maximum atomic E-state index is 13.2. The number of aryl methyl sites for hydroxylation is 1. The molecule has 3 aliphatic rings. The molecule has 3 fully saturated rings. The molecule has 3 heterocycles. The average molecular weight is 415 g/mol. The summed E-state index contributed by atoms with van der Waals surface area (Å²) in [6, 6.07) is 0.541. The van der Waals surface area contributed by atoms with Crippen molar-refractivity contribution in [3.05, 3.63) is 23.3 Å². The van der Waals surface area contributed by atoms with Crippen LogP contribution in [0.1, 0.15) is 86.0 Å². The van der Waals surface area contributed by atoms with E-state index >= 15 is 0 Å². The molecule has 1 saturated carbocycles. The number of piperidine rings is 2. The monoisotopic (exact) mass is 414 g/mol. The van der Waals surface area contributed by atoms with Crippen LogP contribution in [-0.2, 0) is 6.42 Å². The molecular weight excluding hydrogens is 376 g/mol. The number of aromatic nitrogens is 2. The smallest absolute Gasteiger partial charge is 0.272 e. The Labute approximate surface area is 181 Å². The summed E-state index contributed by atoms with van der Waals surface area (Å²) < 4.78 is 0. The van der Waals surface area contributed by atoms with Gasteiger partial charge in [0.2, 0.25) is 0 Å².